The fraction of sp³-hybridized carbons (Fsp3) is 0.462. The number of pyridine rings is 1. The number of nitrogens with zero attached hydrogens (tertiary/aromatic N) is 4. The normalized spacial score (nSPS) is 12.5. The fourth-order valence-electron chi connectivity index (χ4n) is 3.76. The zero-order valence-electron chi connectivity index (χ0n) is 23.0. The summed E-state index contributed by atoms with van der Waals surface area (Å²) < 4.78 is 21.8. The molecule has 1 aliphatic heterocycles. The van der Waals surface area contributed by atoms with Crippen LogP contribution in [0.2, 0.25) is 5.02 Å². The minimum Gasteiger partial charge on any atom is -0.478 e. The molecule has 1 amide bonds. The molecule has 214 valence electrons. The van der Waals surface area contributed by atoms with Gasteiger partial charge in [-0.05, 0) is 24.3 Å². The van der Waals surface area contributed by atoms with E-state index < -0.39 is 0 Å². The summed E-state index contributed by atoms with van der Waals surface area (Å²) in [7, 11) is 3.58. The van der Waals surface area contributed by atoms with E-state index in [-0.39, 0.29) is 23.8 Å². The van der Waals surface area contributed by atoms with Crippen molar-refractivity contribution in [2.75, 3.05) is 70.9 Å². The van der Waals surface area contributed by atoms with E-state index in [1.54, 1.807) is 23.9 Å². The van der Waals surface area contributed by atoms with Crippen LogP contribution >= 0.6 is 11.6 Å². The SMILES string of the molecule is CC.CF.CNC(=O)COc1cc2cc(Nc3nc(N4CCNCC4)ncc3Cl)ccc2n(CCOC)c1=O. The zero-order valence-corrected chi connectivity index (χ0v) is 23.8. The van der Waals surface area contributed by atoms with Gasteiger partial charge >= 0.3 is 0 Å². The van der Waals surface area contributed by atoms with Gasteiger partial charge in [0.25, 0.3) is 11.5 Å². The molecule has 0 aliphatic carbocycles. The molecule has 1 aliphatic rings. The van der Waals surface area contributed by atoms with E-state index in [1.807, 2.05) is 32.0 Å². The Morgan fingerprint density at radius 3 is 2.59 bits per heavy atom. The van der Waals surface area contributed by atoms with Crippen LogP contribution in [0.4, 0.5) is 21.8 Å². The monoisotopic (exact) mass is 565 g/mol. The van der Waals surface area contributed by atoms with Gasteiger partial charge in [-0.1, -0.05) is 25.4 Å². The largest absolute Gasteiger partial charge is 0.478 e. The summed E-state index contributed by atoms with van der Waals surface area (Å²) in [6.07, 6.45) is 1.59. The van der Waals surface area contributed by atoms with Gasteiger partial charge in [-0.2, -0.15) is 4.98 Å². The predicted molar refractivity (Wildman–Crippen MR) is 153 cm³/mol. The number of halogens is 2. The molecule has 0 saturated carbocycles. The van der Waals surface area contributed by atoms with Crippen LogP contribution in [-0.4, -0.2) is 81.2 Å². The zero-order chi connectivity index (χ0) is 28.8. The molecule has 0 spiro atoms. The van der Waals surface area contributed by atoms with Crippen LogP contribution in [0.1, 0.15) is 13.8 Å². The van der Waals surface area contributed by atoms with Gasteiger partial charge in [-0.15, -0.1) is 0 Å². The number of methoxy groups -OCH3 is 1. The van der Waals surface area contributed by atoms with Crippen molar-refractivity contribution in [1.29, 1.82) is 0 Å². The van der Waals surface area contributed by atoms with E-state index in [9.17, 15) is 14.0 Å². The molecule has 39 heavy (non-hydrogen) atoms. The Morgan fingerprint density at radius 1 is 1.21 bits per heavy atom. The Bertz CT molecular complexity index is 1270. The quantitative estimate of drug-likeness (QED) is 0.359. The molecule has 3 heterocycles. The van der Waals surface area contributed by atoms with Crippen molar-refractivity contribution in [3.05, 3.63) is 45.8 Å². The van der Waals surface area contributed by atoms with Gasteiger partial charge < -0.3 is 34.9 Å². The summed E-state index contributed by atoms with van der Waals surface area (Å²) in [6, 6.07) is 7.18. The summed E-state index contributed by atoms with van der Waals surface area (Å²) in [4.78, 5) is 35.7. The van der Waals surface area contributed by atoms with E-state index in [2.05, 4.69) is 30.8 Å². The summed E-state index contributed by atoms with van der Waals surface area (Å²) in [5.74, 6) is 0.841. The van der Waals surface area contributed by atoms with E-state index >= 15 is 0 Å². The number of likely N-dealkylation sites (N-methyl/N-ethyl adjacent to an activating group) is 1. The number of nitrogens with one attached hydrogen (secondary N) is 3. The lowest BCUT2D eigenvalue weighted by atomic mass is 10.1. The average molecular weight is 566 g/mol. The van der Waals surface area contributed by atoms with Crippen LogP contribution in [-0.2, 0) is 16.1 Å². The van der Waals surface area contributed by atoms with Crippen LogP contribution < -0.4 is 31.1 Å². The second-order valence-corrected chi connectivity index (χ2v) is 8.33. The number of carbonyl (C=O) groups excluding carboxylic acids is 1. The maximum Gasteiger partial charge on any atom is 0.293 e. The number of ether oxygens (including phenoxy) is 2. The van der Waals surface area contributed by atoms with Crippen molar-refractivity contribution in [1.82, 2.24) is 25.2 Å². The summed E-state index contributed by atoms with van der Waals surface area (Å²) in [5, 5.41) is 10.2. The molecule has 3 aromatic rings. The van der Waals surface area contributed by atoms with E-state index in [0.717, 1.165) is 37.3 Å². The third-order valence-electron chi connectivity index (χ3n) is 5.61. The highest BCUT2D eigenvalue weighted by atomic mass is 35.5. The van der Waals surface area contributed by atoms with Gasteiger partial charge in [0, 0.05) is 58.0 Å². The first-order valence-electron chi connectivity index (χ1n) is 12.6. The molecule has 13 heteroatoms. The Morgan fingerprint density at radius 2 is 1.92 bits per heavy atom. The standard InChI is InChI=1S/C23H28ClN7O4.C2H6.CH3F/c1-25-20(32)14-35-19-12-15-11-16(3-4-18(15)31(22(19)33)9-10-34-2)28-21-17(24)13-27-23(29-21)30-7-5-26-6-8-30;2*1-2/h3-4,11-13,26H,5-10,14H2,1-2H3,(H,25,32)(H,27,28,29);1-2H3;1H3. The van der Waals surface area contributed by atoms with E-state index in [0.29, 0.717) is 42.6 Å². The number of anilines is 3. The fourth-order valence-corrected chi connectivity index (χ4v) is 3.90. The highest BCUT2D eigenvalue weighted by molar-refractivity contribution is 6.32. The Labute approximate surface area is 232 Å². The van der Waals surface area contributed by atoms with Gasteiger partial charge in [0.1, 0.15) is 5.02 Å². The summed E-state index contributed by atoms with van der Waals surface area (Å²) >= 11 is 6.38. The predicted octanol–water partition coefficient (Wildman–Crippen LogP) is 2.98. The number of amides is 1. The van der Waals surface area contributed by atoms with Crippen molar-refractivity contribution >= 4 is 45.9 Å². The van der Waals surface area contributed by atoms with Crippen molar-refractivity contribution in [3.63, 3.8) is 0 Å². The van der Waals surface area contributed by atoms with Gasteiger partial charge in [0.15, 0.2) is 18.2 Å². The third-order valence-corrected chi connectivity index (χ3v) is 5.89. The van der Waals surface area contributed by atoms with Gasteiger partial charge in [0.05, 0.1) is 25.5 Å². The molecule has 0 radical (unpaired) electrons. The van der Waals surface area contributed by atoms with Gasteiger partial charge in [0.2, 0.25) is 5.95 Å². The highest BCUT2D eigenvalue weighted by Crippen LogP contribution is 2.28. The lowest BCUT2D eigenvalue weighted by Gasteiger charge is -2.27. The molecular weight excluding hydrogens is 529 g/mol. The molecule has 3 N–H and O–H groups in total. The molecule has 0 atom stereocenters. The number of alkyl halides is 1. The lowest BCUT2D eigenvalue weighted by Crippen LogP contribution is -2.44. The molecule has 0 unspecified atom stereocenters. The van der Waals surface area contributed by atoms with Gasteiger partial charge in [-0.25, -0.2) is 4.98 Å². The van der Waals surface area contributed by atoms with E-state index in [1.165, 1.54) is 7.05 Å². The first-order valence-corrected chi connectivity index (χ1v) is 13.0. The second-order valence-electron chi connectivity index (χ2n) is 7.92. The molecule has 1 saturated heterocycles. The van der Waals surface area contributed by atoms with Crippen molar-refractivity contribution in [2.24, 2.45) is 0 Å². The maximum absolute atomic E-state index is 13.0. The number of hydrogen-bond acceptors (Lipinski definition) is 9. The van der Waals surface area contributed by atoms with Crippen molar-refractivity contribution in [3.8, 4) is 5.75 Å². The van der Waals surface area contributed by atoms with Crippen LogP contribution in [0.3, 0.4) is 0 Å². The van der Waals surface area contributed by atoms with Crippen LogP contribution in [0, 0.1) is 0 Å². The number of aromatic nitrogens is 3. The van der Waals surface area contributed by atoms with Gasteiger partial charge in [-0.3, -0.25) is 14.0 Å². The number of hydrogen-bond donors (Lipinski definition) is 3. The number of fused-ring (bicyclic) bond motifs is 1. The minimum absolute atomic E-state index is 0.0791. The average Bonchev–Trinajstić information content (AvgIpc) is 2.99. The van der Waals surface area contributed by atoms with Crippen LogP contribution in [0.15, 0.2) is 35.3 Å². The maximum atomic E-state index is 13.0. The molecule has 1 aromatic carbocycles. The molecular formula is C26H37ClFN7O4. The van der Waals surface area contributed by atoms with Crippen molar-refractivity contribution < 1.29 is 18.7 Å². The Hall–Kier alpha value is -3.48. The first-order chi connectivity index (χ1) is 19.0. The Kier molecular flexibility index (Phi) is 13.4. The number of piperazine rings is 1. The third kappa shape index (κ3) is 8.50. The summed E-state index contributed by atoms with van der Waals surface area (Å²) in [5.41, 5.74) is 1.09. The van der Waals surface area contributed by atoms with Crippen LogP contribution in [0.5, 0.6) is 5.75 Å². The van der Waals surface area contributed by atoms with E-state index in [4.69, 9.17) is 21.1 Å². The molecule has 11 nitrogen and oxygen atoms in total. The number of carbonyl (C=O) groups is 1. The molecule has 2 aromatic heterocycles. The number of benzene rings is 1. The second kappa shape index (κ2) is 16.5. The highest BCUT2D eigenvalue weighted by Gasteiger charge is 2.16. The smallest absolute Gasteiger partial charge is 0.293 e. The first kappa shape index (κ1) is 31.7. The molecule has 0 bridgehead atoms. The minimum atomic E-state index is -0.335. The number of rotatable bonds is 9. The van der Waals surface area contributed by atoms with Crippen molar-refractivity contribution in [2.45, 2.75) is 20.4 Å². The molecule has 4 rings (SSSR count). The lowest BCUT2D eigenvalue weighted by molar-refractivity contribution is -0.122. The molecule has 1 fully saturated rings. The Balaban J connectivity index is 0.00000127. The summed E-state index contributed by atoms with van der Waals surface area (Å²) in [6.45, 7) is 7.79. The van der Waals surface area contributed by atoms with Crippen LogP contribution in [0.25, 0.3) is 10.9 Å². The topological polar surface area (TPSA) is 123 Å².